The summed E-state index contributed by atoms with van der Waals surface area (Å²) >= 11 is 1.10. The summed E-state index contributed by atoms with van der Waals surface area (Å²) < 4.78 is 9.14. The van der Waals surface area contributed by atoms with E-state index in [0.717, 1.165) is 36.3 Å². The molecule has 0 unspecified atom stereocenters. The molecule has 0 bridgehead atoms. The SMILES string of the molecule is Cc1nc(NCCNC(=O)c2snnc2C)cc(N2CCOCC2)n1. The van der Waals surface area contributed by atoms with E-state index in [0.29, 0.717) is 42.7 Å². The fraction of sp³-hybridized carbons (Fsp3) is 0.533. The molecule has 2 aromatic rings. The van der Waals surface area contributed by atoms with Gasteiger partial charge >= 0.3 is 0 Å². The molecule has 0 atom stereocenters. The Balaban J connectivity index is 1.52. The monoisotopic (exact) mass is 363 g/mol. The molecular weight excluding hydrogens is 342 g/mol. The van der Waals surface area contributed by atoms with Crippen LogP contribution in [0.1, 0.15) is 21.2 Å². The summed E-state index contributed by atoms with van der Waals surface area (Å²) in [6.45, 7) is 7.77. The highest BCUT2D eigenvalue weighted by molar-refractivity contribution is 7.07. The van der Waals surface area contributed by atoms with Gasteiger partial charge in [-0.3, -0.25) is 4.79 Å². The van der Waals surface area contributed by atoms with Crippen molar-refractivity contribution < 1.29 is 9.53 Å². The van der Waals surface area contributed by atoms with Crippen molar-refractivity contribution in [2.24, 2.45) is 0 Å². The Morgan fingerprint density at radius 3 is 2.80 bits per heavy atom. The molecule has 25 heavy (non-hydrogen) atoms. The zero-order chi connectivity index (χ0) is 17.6. The minimum Gasteiger partial charge on any atom is -0.378 e. The lowest BCUT2D eigenvalue weighted by Gasteiger charge is -2.28. The van der Waals surface area contributed by atoms with Crippen LogP contribution < -0.4 is 15.5 Å². The van der Waals surface area contributed by atoms with E-state index >= 15 is 0 Å². The summed E-state index contributed by atoms with van der Waals surface area (Å²) in [6.07, 6.45) is 0. The van der Waals surface area contributed by atoms with Crippen LogP contribution in [-0.4, -0.2) is 64.9 Å². The lowest BCUT2D eigenvalue weighted by atomic mass is 10.3. The summed E-state index contributed by atoms with van der Waals surface area (Å²) in [5.74, 6) is 2.21. The molecule has 0 spiro atoms. The Morgan fingerprint density at radius 2 is 2.08 bits per heavy atom. The lowest BCUT2D eigenvalue weighted by molar-refractivity contribution is 0.0958. The van der Waals surface area contributed by atoms with Crippen LogP contribution in [0.4, 0.5) is 11.6 Å². The number of anilines is 2. The number of aromatic nitrogens is 4. The van der Waals surface area contributed by atoms with Crippen LogP contribution in [0.25, 0.3) is 0 Å². The van der Waals surface area contributed by atoms with Crippen LogP contribution in [0, 0.1) is 13.8 Å². The molecular formula is C15H21N7O2S. The third kappa shape index (κ3) is 4.60. The molecule has 1 saturated heterocycles. The highest BCUT2D eigenvalue weighted by Crippen LogP contribution is 2.17. The van der Waals surface area contributed by atoms with Gasteiger partial charge in [-0.15, -0.1) is 5.10 Å². The highest BCUT2D eigenvalue weighted by Gasteiger charge is 2.14. The van der Waals surface area contributed by atoms with Crippen LogP contribution in [0.15, 0.2) is 6.07 Å². The first-order valence-electron chi connectivity index (χ1n) is 8.13. The average Bonchev–Trinajstić information content (AvgIpc) is 3.05. The first-order valence-corrected chi connectivity index (χ1v) is 8.90. The average molecular weight is 363 g/mol. The molecule has 1 aliphatic heterocycles. The van der Waals surface area contributed by atoms with Gasteiger partial charge < -0.3 is 20.3 Å². The maximum Gasteiger partial charge on any atom is 0.265 e. The third-order valence-electron chi connectivity index (χ3n) is 3.73. The predicted molar refractivity (Wildman–Crippen MR) is 95.3 cm³/mol. The van der Waals surface area contributed by atoms with E-state index in [1.807, 2.05) is 13.0 Å². The van der Waals surface area contributed by atoms with Gasteiger partial charge in [-0.2, -0.15) is 0 Å². The molecule has 0 aromatic carbocycles. The van der Waals surface area contributed by atoms with Crippen molar-refractivity contribution in [2.45, 2.75) is 13.8 Å². The molecule has 0 aliphatic carbocycles. The van der Waals surface area contributed by atoms with Crippen LogP contribution in [0.5, 0.6) is 0 Å². The number of hydrogen-bond donors (Lipinski definition) is 2. The Kier molecular flexibility index (Phi) is 5.71. The fourth-order valence-electron chi connectivity index (χ4n) is 2.48. The number of nitrogens with one attached hydrogen (secondary N) is 2. The van der Waals surface area contributed by atoms with E-state index in [-0.39, 0.29) is 5.91 Å². The van der Waals surface area contributed by atoms with Gasteiger partial charge in [0, 0.05) is 32.2 Å². The molecule has 3 heterocycles. The normalized spacial score (nSPS) is 14.4. The van der Waals surface area contributed by atoms with Crippen molar-refractivity contribution >= 4 is 29.1 Å². The number of carbonyl (C=O) groups is 1. The Morgan fingerprint density at radius 1 is 1.28 bits per heavy atom. The van der Waals surface area contributed by atoms with Crippen LogP contribution in [0.3, 0.4) is 0 Å². The molecule has 2 N–H and O–H groups in total. The number of hydrogen-bond acceptors (Lipinski definition) is 9. The van der Waals surface area contributed by atoms with Crippen molar-refractivity contribution in [1.82, 2.24) is 24.9 Å². The number of amides is 1. The van der Waals surface area contributed by atoms with Crippen molar-refractivity contribution in [3.8, 4) is 0 Å². The minimum absolute atomic E-state index is 0.151. The van der Waals surface area contributed by atoms with E-state index in [1.54, 1.807) is 6.92 Å². The predicted octanol–water partition coefficient (Wildman–Crippen LogP) is 0.623. The van der Waals surface area contributed by atoms with Gasteiger partial charge in [0.1, 0.15) is 22.3 Å². The number of carbonyl (C=O) groups excluding carboxylic acids is 1. The largest absolute Gasteiger partial charge is 0.378 e. The Bertz CT molecular complexity index is 730. The van der Waals surface area contributed by atoms with Crippen molar-refractivity contribution in [3.05, 3.63) is 22.5 Å². The smallest absolute Gasteiger partial charge is 0.265 e. The van der Waals surface area contributed by atoms with Gasteiger partial charge in [-0.05, 0) is 25.4 Å². The Labute approximate surface area is 150 Å². The summed E-state index contributed by atoms with van der Waals surface area (Å²) in [6, 6.07) is 1.93. The van der Waals surface area contributed by atoms with Crippen molar-refractivity contribution in [1.29, 1.82) is 0 Å². The molecule has 0 radical (unpaired) electrons. The summed E-state index contributed by atoms with van der Waals surface area (Å²) in [5, 5.41) is 9.91. The summed E-state index contributed by atoms with van der Waals surface area (Å²) in [7, 11) is 0. The standard InChI is InChI=1S/C15H21N7O2S/c1-10-14(25-21-20-10)15(23)17-4-3-16-12-9-13(19-11(2)18-12)22-5-7-24-8-6-22/h9H,3-8H2,1-2H3,(H,17,23)(H,16,18,19). The van der Waals surface area contributed by atoms with Gasteiger partial charge in [0.05, 0.1) is 18.9 Å². The number of morpholine rings is 1. The molecule has 0 saturated carbocycles. The summed E-state index contributed by atoms with van der Waals surface area (Å²) in [5.41, 5.74) is 0.650. The first kappa shape index (κ1) is 17.5. The molecule has 9 nitrogen and oxygen atoms in total. The van der Waals surface area contributed by atoms with Crippen molar-refractivity contribution in [3.63, 3.8) is 0 Å². The summed E-state index contributed by atoms with van der Waals surface area (Å²) in [4.78, 5) is 23.6. The number of rotatable bonds is 6. The zero-order valence-electron chi connectivity index (χ0n) is 14.3. The second-order valence-electron chi connectivity index (χ2n) is 5.63. The third-order valence-corrected chi connectivity index (χ3v) is 4.56. The topological polar surface area (TPSA) is 105 Å². The Hall–Kier alpha value is -2.33. The lowest BCUT2D eigenvalue weighted by Crippen LogP contribution is -2.37. The van der Waals surface area contributed by atoms with E-state index in [1.165, 1.54) is 0 Å². The van der Waals surface area contributed by atoms with E-state index in [4.69, 9.17) is 4.74 Å². The molecule has 1 amide bonds. The van der Waals surface area contributed by atoms with Crippen LogP contribution in [0.2, 0.25) is 0 Å². The zero-order valence-corrected chi connectivity index (χ0v) is 15.1. The second kappa shape index (κ2) is 8.17. The number of aryl methyl sites for hydroxylation is 2. The molecule has 10 heteroatoms. The highest BCUT2D eigenvalue weighted by atomic mass is 32.1. The van der Waals surface area contributed by atoms with E-state index in [2.05, 4.69) is 35.1 Å². The first-order chi connectivity index (χ1) is 12.1. The maximum atomic E-state index is 12.0. The molecule has 3 rings (SSSR count). The van der Waals surface area contributed by atoms with E-state index < -0.39 is 0 Å². The van der Waals surface area contributed by atoms with Crippen molar-refractivity contribution in [2.75, 3.05) is 49.6 Å². The van der Waals surface area contributed by atoms with Crippen LogP contribution in [-0.2, 0) is 4.74 Å². The maximum absolute atomic E-state index is 12.0. The van der Waals surface area contributed by atoms with Gasteiger partial charge in [-0.1, -0.05) is 4.49 Å². The molecule has 134 valence electrons. The van der Waals surface area contributed by atoms with Crippen LogP contribution >= 0.6 is 11.5 Å². The second-order valence-corrected chi connectivity index (χ2v) is 6.38. The quantitative estimate of drug-likeness (QED) is 0.720. The van der Waals surface area contributed by atoms with E-state index in [9.17, 15) is 4.79 Å². The number of ether oxygens (including phenoxy) is 1. The van der Waals surface area contributed by atoms with Gasteiger partial charge in [0.2, 0.25) is 0 Å². The van der Waals surface area contributed by atoms with Gasteiger partial charge in [0.15, 0.2) is 0 Å². The fourth-order valence-corrected chi connectivity index (χ4v) is 3.06. The molecule has 1 aliphatic rings. The van der Waals surface area contributed by atoms with Gasteiger partial charge in [0.25, 0.3) is 5.91 Å². The molecule has 2 aromatic heterocycles. The minimum atomic E-state index is -0.151. The van der Waals surface area contributed by atoms with Gasteiger partial charge in [-0.25, -0.2) is 9.97 Å². The molecule has 1 fully saturated rings. The number of nitrogens with zero attached hydrogens (tertiary/aromatic N) is 5.